The summed E-state index contributed by atoms with van der Waals surface area (Å²) in [5.74, 6) is -1.63. The van der Waals surface area contributed by atoms with Gasteiger partial charge in [0.1, 0.15) is 6.04 Å². The van der Waals surface area contributed by atoms with Crippen LogP contribution < -0.4 is 10.6 Å². The van der Waals surface area contributed by atoms with Crippen LogP contribution in [0, 0.1) is 11.8 Å². The first-order chi connectivity index (χ1) is 19.5. The minimum Gasteiger partial charge on any atom is -0.394 e. The highest BCUT2D eigenvalue weighted by molar-refractivity contribution is 8.02. The zero-order valence-corrected chi connectivity index (χ0v) is 23.4. The molecule has 3 aliphatic heterocycles. The molecule has 8 heteroatoms. The van der Waals surface area contributed by atoms with E-state index in [0.717, 1.165) is 29.2 Å². The molecular formula is C32H35N3O4S. The number of carbonyl (C=O) groups is 3. The highest BCUT2D eigenvalue weighted by Crippen LogP contribution is 2.66. The molecule has 3 heterocycles. The first kappa shape index (κ1) is 26.8. The SMILES string of the molecule is CCCNC(=O)[C@@H]1[C@H]2C(=O)N([C@@H](CO)Cc3ccccc3)C(C(=O)Nc3ccc4ccccc4c3)C23CC[C@H]1S3. The first-order valence-electron chi connectivity index (χ1n) is 14.2. The highest BCUT2D eigenvalue weighted by atomic mass is 32.2. The second-order valence-electron chi connectivity index (χ2n) is 11.2. The van der Waals surface area contributed by atoms with Crippen LogP contribution in [-0.4, -0.2) is 63.0 Å². The molecule has 3 aromatic carbocycles. The molecule has 40 heavy (non-hydrogen) atoms. The number of rotatable bonds is 9. The zero-order chi connectivity index (χ0) is 27.9. The summed E-state index contributed by atoms with van der Waals surface area (Å²) < 4.78 is -0.707. The summed E-state index contributed by atoms with van der Waals surface area (Å²) in [7, 11) is 0. The fourth-order valence-electron chi connectivity index (χ4n) is 7.06. The zero-order valence-electron chi connectivity index (χ0n) is 22.6. The van der Waals surface area contributed by atoms with Gasteiger partial charge in [-0.25, -0.2) is 0 Å². The minimum atomic E-state index is -0.795. The maximum absolute atomic E-state index is 14.3. The van der Waals surface area contributed by atoms with Crippen molar-refractivity contribution in [2.45, 2.75) is 54.7 Å². The summed E-state index contributed by atoms with van der Waals surface area (Å²) in [6.45, 7) is 2.29. The minimum absolute atomic E-state index is 0.00521. The Balaban J connectivity index is 1.37. The van der Waals surface area contributed by atoms with Gasteiger partial charge in [0.05, 0.1) is 29.2 Å². The van der Waals surface area contributed by atoms with Crippen LogP contribution in [-0.2, 0) is 20.8 Å². The molecule has 7 nitrogen and oxygen atoms in total. The van der Waals surface area contributed by atoms with Crippen molar-refractivity contribution in [3.05, 3.63) is 78.4 Å². The molecule has 3 aromatic rings. The average molecular weight is 558 g/mol. The van der Waals surface area contributed by atoms with E-state index in [1.807, 2.05) is 79.7 Å². The number of carbonyl (C=O) groups excluding carboxylic acids is 3. The van der Waals surface area contributed by atoms with Gasteiger partial charge in [0.2, 0.25) is 17.7 Å². The van der Waals surface area contributed by atoms with Gasteiger partial charge in [0, 0.05) is 17.5 Å². The monoisotopic (exact) mass is 557 g/mol. The summed E-state index contributed by atoms with van der Waals surface area (Å²) >= 11 is 1.64. The number of aliphatic hydroxyl groups is 1. The van der Waals surface area contributed by atoms with Crippen molar-refractivity contribution >= 4 is 45.9 Å². The number of hydrogen-bond donors (Lipinski definition) is 3. The molecule has 1 spiro atoms. The predicted molar refractivity (Wildman–Crippen MR) is 158 cm³/mol. The molecule has 0 aromatic heterocycles. The lowest BCUT2D eigenvalue weighted by Crippen LogP contribution is -2.55. The van der Waals surface area contributed by atoms with Crippen LogP contribution in [0.4, 0.5) is 5.69 Å². The van der Waals surface area contributed by atoms with Crippen LogP contribution in [0.1, 0.15) is 31.7 Å². The molecule has 6 rings (SSSR count). The van der Waals surface area contributed by atoms with Gasteiger partial charge >= 0.3 is 0 Å². The number of nitrogens with zero attached hydrogens (tertiary/aromatic N) is 1. The Morgan fingerprint density at radius 2 is 1.80 bits per heavy atom. The van der Waals surface area contributed by atoms with E-state index < -0.39 is 28.7 Å². The molecule has 3 fully saturated rings. The van der Waals surface area contributed by atoms with Gasteiger partial charge in [-0.2, -0.15) is 0 Å². The number of hydrogen-bond acceptors (Lipinski definition) is 5. The van der Waals surface area contributed by atoms with Gasteiger partial charge in [-0.15, -0.1) is 11.8 Å². The van der Waals surface area contributed by atoms with Crippen molar-refractivity contribution in [1.29, 1.82) is 0 Å². The molecule has 208 valence electrons. The van der Waals surface area contributed by atoms with E-state index in [9.17, 15) is 19.5 Å². The number of aliphatic hydroxyl groups excluding tert-OH is 1. The van der Waals surface area contributed by atoms with E-state index in [1.165, 1.54) is 0 Å². The van der Waals surface area contributed by atoms with Gasteiger partial charge in [-0.3, -0.25) is 14.4 Å². The van der Waals surface area contributed by atoms with Gasteiger partial charge in [0.25, 0.3) is 0 Å². The topological polar surface area (TPSA) is 98.7 Å². The molecule has 3 amide bonds. The Hall–Kier alpha value is -3.36. The van der Waals surface area contributed by atoms with Crippen LogP contribution in [0.3, 0.4) is 0 Å². The van der Waals surface area contributed by atoms with Crippen molar-refractivity contribution < 1.29 is 19.5 Å². The third-order valence-corrected chi connectivity index (χ3v) is 10.7. The smallest absolute Gasteiger partial charge is 0.248 e. The number of amides is 3. The van der Waals surface area contributed by atoms with E-state index in [1.54, 1.807) is 16.7 Å². The number of benzene rings is 3. The Bertz CT molecular complexity index is 1430. The first-order valence-corrected chi connectivity index (χ1v) is 15.1. The van der Waals surface area contributed by atoms with Crippen molar-refractivity contribution in [2.75, 3.05) is 18.5 Å². The average Bonchev–Trinajstić information content (AvgIpc) is 3.62. The molecular weight excluding hydrogens is 522 g/mol. The van der Waals surface area contributed by atoms with Gasteiger partial charge in [-0.1, -0.05) is 67.6 Å². The van der Waals surface area contributed by atoms with E-state index in [-0.39, 0.29) is 29.6 Å². The van der Waals surface area contributed by atoms with E-state index in [2.05, 4.69) is 10.6 Å². The normalized spacial score (nSPS) is 27.6. The molecule has 6 atom stereocenters. The molecule has 0 radical (unpaired) electrons. The van der Waals surface area contributed by atoms with E-state index in [4.69, 9.17) is 0 Å². The number of likely N-dealkylation sites (tertiary alicyclic amines) is 1. The predicted octanol–water partition coefficient (Wildman–Crippen LogP) is 4.00. The number of fused-ring (bicyclic) bond motifs is 2. The standard InChI is InChI=1S/C32H35N3O4S/c1-2-16-33-29(37)26-25-14-15-32(40-25)27(26)31(39)35(24(19-36)17-20-8-4-3-5-9-20)28(32)30(38)34-23-13-12-21-10-6-7-11-22(21)18-23/h3-13,18,24-28,36H,2,14-17,19H2,1H3,(H,33,37)(H,34,38)/t24-,25-,26+,27+,28?,32?/m1/s1. The lowest BCUT2D eigenvalue weighted by molar-refractivity contribution is -0.142. The summed E-state index contributed by atoms with van der Waals surface area (Å²) in [6, 6.07) is 22.1. The van der Waals surface area contributed by atoms with Crippen molar-refractivity contribution in [3.63, 3.8) is 0 Å². The Morgan fingerprint density at radius 1 is 1.05 bits per heavy atom. The lowest BCUT2D eigenvalue weighted by Gasteiger charge is -2.37. The van der Waals surface area contributed by atoms with Gasteiger partial charge < -0.3 is 20.6 Å². The second kappa shape index (κ2) is 10.9. The van der Waals surface area contributed by atoms with E-state index in [0.29, 0.717) is 25.1 Å². The summed E-state index contributed by atoms with van der Waals surface area (Å²) in [4.78, 5) is 43.6. The number of thioether (sulfide) groups is 1. The Morgan fingerprint density at radius 3 is 2.55 bits per heavy atom. The largest absolute Gasteiger partial charge is 0.394 e. The maximum atomic E-state index is 14.3. The number of nitrogens with one attached hydrogen (secondary N) is 2. The molecule has 0 saturated carbocycles. The van der Waals surface area contributed by atoms with Crippen molar-refractivity contribution in [3.8, 4) is 0 Å². The van der Waals surface area contributed by atoms with Crippen LogP contribution in [0.15, 0.2) is 72.8 Å². The van der Waals surface area contributed by atoms with Crippen LogP contribution >= 0.6 is 11.8 Å². The summed E-state index contributed by atoms with van der Waals surface area (Å²) in [5.41, 5.74) is 1.64. The third kappa shape index (κ3) is 4.47. The molecule has 2 unspecified atom stereocenters. The number of anilines is 1. The van der Waals surface area contributed by atoms with Crippen LogP contribution in [0.2, 0.25) is 0 Å². The van der Waals surface area contributed by atoms with E-state index >= 15 is 0 Å². The lowest BCUT2D eigenvalue weighted by atomic mass is 9.70. The Labute approximate surface area is 238 Å². The highest BCUT2D eigenvalue weighted by Gasteiger charge is 2.74. The van der Waals surface area contributed by atoms with Crippen LogP contribution in [0.25, 0.3) is 10.8 Å². The summed E-state index contributed by atoms with van der Waals surface area (Å²) in [6.07, 6.45) is 2.71. The van der Waals surface area contributed by atoms with Gasteiger partial charge in [-0.05, 0) is 54.2 Å². The second-order valence-corrected chi connectivity index (χ2v) is 12.8. The third-order valence-electron chi connectivity index (χ3n) is 8.77. The molecule has 0 aliphatic carbocycles. The fourth-order valence-corrected chi connectivity index (χ4v) is 9.27. The van der Waals surface area contributed by atoms with Crippen LogP contribution in [0.5, 0.6) is 0 Å². The molecule has 3 N–H and O–H groups in total. The fraction of sp³-hybridized carbons (Fsp3) is 0.406. The summed E-state index contributed by atoms with van der Waals surface area (Å²) in [5, 5.41) is 18.8. The maximum Gasteiger partial charge on any atom is 0.248 e. The quantitative estimate of drug-likeness (QED) is 0.370. The van der Waals surface area contributed by atoms with Crippen molar-refractivity contribution in [1.82, 2.24) is 10.2 Å². The van der Waals surface area contributed by atoms with Gasteiger partial charge in [0.15, 0.2) is 0 Å². The molecule has 3 saturated heterocycles. The molecule has 3 aliphatic rings. The molecule has 2 bridgehead atoms. The van der Waals surface area contributed by atoms with Crippen molar-refractivity contribution in [2.24, 2.45) is 11.8 Å². The Kier molecular flexibility index (Phi) is 7.31.